The number of ether oxygens (including phenoxy) is 7. The van der Waals surface area contributed by atoms with Crippen LogP contribution in [0.2, 0.25) is 0 Å². The number of hydrogen-bond donors (Lipinski definition) is 1. The third-order valence-corrected chi connectivity index (χ3v) is 14.8. The SMILES string of the molecule is O=C1C=CC(=O)O1.[C-]#[N+]c1c(N=Nc2ccc(N(CCOCCOCCOCCOCCOC(=O)CCC(C)=O)Cc3ccccc3)cc2C)sc(C#N)c1C.[C-]#[N+]c1sc(N=Nc2ccc(N(CCOCCO)Cc3ccccc3)cc2C)c([N+]#[C-])c1C. The van der Waals surface area contributed by atoms with E-state index in [2.05, 4.69) is 92.0 Å². The number of nitriles is 1. The molecule has 0 amide bonds. The lowest BCUT2D eigenvalue weighted by Crippen LogP contribution is -2.27. The van der Waals surface area contributed by atoms with Crippen LogP contribution in [0, 0.1) is 58.7 Å². The number of aliphatic hydroxyl groups is 1. The van der Waals surface area contributed by atoms with Gasteiger partial charge in [-0.3, -0.25) is 4.79 Å². The van der Waals surface area contributed by atoms with Gasteiger partial charge in [0, 0.05) is 56.1 Å². The highest BCUT2D eigenvalue weighted by Gasteiger charge is 2.18. The zero-order valence-electron chi connectivity index (χ0n) is 50.3. The maximum absolute atomic E-state index is 11.4. The highest BCUT2D eigenvalue weighted by atomic mass is 32.1. The van der Waals surface area contributed by atoms with E-state index in [0.29, 0.717) is 133 Å². The molecule has 22 nitrogen and oxygen atoms in total. The molecule has 0 radical (unpaired) electrons. The number of esters is 3. The summed E-state index contributed by atoms with van der Waals surface area (Å²) in [5, 5.41) is 37.0. The average molecular weight is 1250 g/mol. The number of anilines is 2. The molecule has 89 heavy (non-hydrogen) atoms. The number of hydrogen-bond acceptors (Lipinski definition) is 21. The van der Waals surface area contributed by atoms with E-state index in [0.717, 1.165) is 41.2 Å². The van der Waals surface area contributed by atoms with Crippen molar-refractivity contribution in [3.8, 4) is 6.07 Å². The van der Waals surface area contributed by atoms with Crippen molar-refractivity contribution in [2.75, 3.05) is 102 Å². The third kappa shape index (κ3) is 24.8. The number of aryl methyl sites for hydroxylation is 2. The van der Waals surface area contributed by atoms with Gasteiger partial charge in [0.1, 0.15) is 28.5 Å². The normalized spacial score (nSPS) is 11.4. The van der Waals surface area contributed by atoms with E-state index >= 15 is 0 Å². The third-order valence-electron chi connectivity index (χ3n) is 12.7. The monoisotopic (exact) mass is 1250 g/mol. The number of ketones is 1. The number of Topliss-reactive ketones (excluding diaryl/α,β-unsaturated/α-hetero) is 1. The molecule has 0 atom stereocenters. The summed E-state index contributed by atoms with van der Waals surface area (Å²) in [6.45, 7) is 38.1. The largest absolute Gasteiger partial charge is 0.463 e. The minimum atomic E-state index is -0.579. The standard InChI is InChI=1S/C36H43N5O7S.C25H25N5O2S.C4H2O3/c1-27-24-31(11-12-32(27)39-40-36-35(38-4)29(3)33(25-37)49-36)41(26-30-8-6-5-7-9-30)14-15-44-16-17-45-18-19-46-20-21-47-22-23-48-34(43)13-10-28(2)42;1-18-16-21(30(12-14-32-15-13-31)17-20-8-6-5-7-9-20)10-11-22(18)28-29-25-23(26-3)19(2)24(27-4)33-25;5-3-1-2-4(6)7-3/h5-9,11-12,24H,10,13-23,26H2,1-3H3;5-11,16,31H,12-15,17H2,1-2H3;1-2H. The minimum absolute atomic E-state index is 0.00779. The van der Waals surface area contributed by atoms with Crippen LogP contribution < -0.4 is 9.80 Å². The highest BCUT2D eigenvalue weighted by molar-refractivity contribution is 7.20. The molecule has 0 fully saturated rings. The van der Waals surface area contributed by atoms with E-state index in [9.17, 15) is 24.4 Å². The Morgan fingerprint density at radius 3 is 1.45 bits per heavy atom. The molecule has 6 aromatic rings. The van der Waals surface area contributed by atoms with Crippen molar-refractivity contribution >= 4 is 95.5 Å². The molecule has 0 unspecified atom stereocenters. The van der Waals surface area contributed by atoms with Crippen molar-refractivity contribution in [2.45, 2.75) is 60.5 Å². The van der Waals surface area contributed by atoms with E-state index in [1.165, 1.54) is 40.7 Å². The van der Waals surface area contributed by atoms with Gasteiger partial charge in [0.15, 0.2) is 0 Å². The van der Waals surface area contributed by atoms with Crippen LogP contribution in [-0.2, 0) is 65.4 Å². The summed E-state index contributed by atoms with van der Waals surface area (Å²) < 4.78 is 36.8. The van der Waals surface area contributed by atoms with E-state index in [4.69, 9.17) is 53.2 Å². The van der Waals surface area contributed by atoms with Gasteiger partial charge in [-0.25, -0.2) is 24.1 Å². The van der Waals surface area contributed by atoms with Crippen molar-refractivity contribution in [1.29, 1.82) is 5.26 Å². The fourth-order valence-corrected chi connectivity index (χ4v) is 9.75. The van der Waals surface area contributed by atoms with Crippen LogP contribution in [0.3, 0.4) is 0 Å². The Hall–Kier alpha value is -9.18. The van der Waals surface area contributed by atoms with E-state index < -0.39 is 17.9 Å². The molecule has 24 heteroatoms. The lowest BCUT2D eigenvalue weighted by atomic mass is 10.1. The van der Waals surface area contributed by atoms with E-state index in [1.807, 2.05) is 74.5 Å². The Morgan fingerprint density at radius 2 is 1.03 bits per heavy atom. The van der Waals surface area contributed by atoms with Gasteiger partial charge >= 0.3 is 17.9 Å². The lowest BCUT2D eigenvalue weighted by molar-refractivity contribution is -0.150. The van der Waals surface area contributed by atoms with Crippen molar-refractivity contribution in [3.63, 3.8) is 0 Å². The smallest absolute Gasteiger partial charge is 0.338 e. The molecule has 0 spiro atoms. The van der Waals surface area contributed by atoms with Gasteiger partial charge in [-0.2, -0.15) is 25.7 Å². The Balaban J connectivity index is 0.000000308. The number of cyclic esters (lactones) is 2. The maximum Gasteiger partial charge on any atom is 0.338 e. The van der Waals surface area contributed by atoms with Gasteiger partial charge in [0.25, 0.3) is 0 Å². The van der Waals surface area contributed by atoms with Gasteiger partial charge in [-0.15, -0.1) is 22.7 Å². The Labute approximate surface area is 526 Å². The number of carbonyl (C=O) groups is 4. The maximum atomic E-state index is 11.4. The average Bonchev–Trinajstić information content (AvgIpc) is 4.16. The van der Waals surface area contributed by atoms with Crippen molar-refractivity contribution in [2.24, 2.45) is 20.5 Å². The van der Waals surface area contributed by atoms with Gasteiger partial charge in [0.2, 0.25) is 16.4 Å². The highest BCUT2D eigenvalue weighted by Crippen LogP contribution is 2.47. The Kier molecular flexibility index (Phi) is 31.4. The number of rotatable bonds is 33. The molecule has 1 aliphatic rings. The first-order valence-electron chi connectivity index (χ1n) is 28.2. The van der Waals surface area contributed by atoms with Crippen molar-refractivity contribution in [1.82, 2.24) is 0 Å². The number of thiophene rings is 2. The zero-order chi connectivity index (χ0) is 64.2. The van der Waals surface area contributed by atoms with Crippen molar-refractivity contribution < 1.29 is 57.4 Å². The van der Waals surface area contributed by atoms with E-state index in [-0.39, 0.29) is 38.4 Å². The number of aliphatic hydroxyl groups excluding tert-OH is 1. The summed E-state index contributed by atoms with van der Waals surface area (Å²) >= 11 is 2.37. The van der Waals surface area contributed by atoms with Crippen LogP contribution in [0.15, 0.2) is 130 Å². The predicted octanol–water partition coefficient (Wildman–Crippen LogP) is 13.7. The molecule has 7 rings (SSSR count). The summed E-state index contributed by atoms with van der Waals surface area (Å²) in [5.41, 5.74) is 9.76. The van der Waals surface area contributed by atoms with Gasteiger partial charge in [0.05, 0.1) is 115 Å². The summed E-state index contributed by atoms with van der Waals surface area (Å²) in [6.07, 6.45) is 2.46. The first-order valence-corrected chi connectivity index (χ1v) is 29.8. The second-order valence-electron chi connectivity index (χ2n) is 19.3. The van der Waals surface area contributed by atoms with Crippen molar-refractivity contribution in [3.05, 3.63) is 182 Å². The predicted molar refractivity (Wildman–Crippen MR) is 340 cm³/mol. The zero-order valence-corrected chi connectivity index (χ0v) is 52.0. The first kappa shape index (κ1) is 70.6. The molecule has 1 N–H and O–H groups in total. The topological polar surface area (TPSA) is 246 Å². The van der Waals surface area contributed by atoms with Crippen LogP contribution in [0.4, 0.5) is 49.1 Å². The fourth-order valence-electron chi connectivity index (χ4n) is 8.03. The molecule has 0 saturated carbocycles. The summed E-state index contributed by atoms with van der Waals surface area (Å²) in [6, 6.07) is 34.5. The van der Waals surface area contributed by atoms with Crippen LogP contribution in [0.25, 0.3) is 14.5 Å². The minimum Gasteiger partial charge on any atom is -0.463 e. The quantitative estimate of drug-likeness (QED) is 0.0132. The van der Waals surface area contributed by atoms with Gasteiger partial charge in [-0.1, -0.05) is 67.6 Å². The molecule has 464 valence electrons. The fraction of sp³-hybridized carbons (Fsp3) is 0.354. The summed E-state index contributed by atoms with van der Waals surface area (Å²) in [4.78, 5) is 57.6. The number of carbonyl (C=O) groups excluding carboxylic acids is 4. The Bertz CT molecular complexity index is 3530. The molecule has 0 aliphatic carbocycles. The summed E-state index contributed by atoms with van der Waals surface area (Å²) in [7, 11) is 0. The number of benzene rings is 4. The second-order valence-corrected chi connectivity index (χ2v) is 21.3. The molecule has 3 heterocycles. The van der Waals surface area contributed by atoms with Gasteiger partial charge < -0.3 is 52.9 Å². The van der Waals surface area contributed by atoms with Gasteiger partial charge in [-0.05, 0) is 97.5 Å². The number of nitrogens with zero attached hydrogens (tertiary/aromatic N) is 10. The van der Waals surface area contributed by atoms with Crippen LogP contribution in [0.5, 0.6) is 0 Å². The second kappa shape index (κ2) is 39.6. The molecular weight excluding hydrogens is 1180 g/mol. The molecule has 2 aromatic heterocycles. The van der Waals surface area contributed by atoms with Crippen LogP contribution in [0.1, 0.15) is 58.0 Å². The Morgan fingerprint density at radius 1 is 0.584 bits per heavy atom. The molecule has 1 aliphatic heterocycles. The van der Waals surface area contributed by atoms with Crippen LogP contribution in [-0.4, -0.2) is 121 Å². The first-order chi connectivity index (χ1) is 43.2. The van der Waals surface area contributed by atoms with Crippen LogP contribution >= 0.6 is 22.7 Å². The number of azo groups is 2. The summed E-state index contributed by atoms with van der Waals surface area (Å²) in [5.74, 6) is -1.60. The van der Waals surface area contributed by atoms with E-state index in [1.54, 1.807) is 13.8 Å². The molecule has 0 saturated heterocycles. The lowest BCUT2D eigenvalue weighted by Gasteiger charge is -2.25. The molecule has 0 bridgehead atoms. The molecule has 4 aromatic carbocycles. The molecular formula is C65H70N10O12S2.